The summed E-state index contributed by atoms with van der Waals surface area (Å²) in [6.07, 6.45) is 9.37. The van der Waals surface area contributed by atoms with Gasteiger partial charge < -0.3 is 5.32 Å². The lowest BCUT2D eigenvalue weighted by atomic mass is 9.77. The molecule has 0 saturated carbocycles. The van der Waals surface area contributed by atoms with Crippen molar-refractivity contribution in [2.24, 2.45) is 5.92 Å². The van der Waals surface area contributed by atoms with Gasteiger partial charge in [-0.15, -0.1) is 0 Å². The van der Waals surface area contributed by atoms with Crippen LogP contribution in [0.5, 0.6) is 0 Å². The van der Waals surface area contributed by atoms with Crippen LogP contribution >= 0.6 is 23.2 Å². The minimum Gasteiger partial charge on any atom is -0.378 e. The average molecular weight is 477 g/mol. The van der Waals surface area contributed by atoms with Gasteiger partial charge in [0, 0.05) is 24.7 Å². The number of nitrogens with zero attached hydrogens (tertiary/aromatic N) is 1. The van der Waals surface area contributed by atoms with E-state index in [2.05, 4.69) is 17.5 Å². The molecule has 0 spiro atoms. The molecule has 3 aliphatic rings. The van der Waals surface area contributed by atoms with Gasteiger partial charge in [-0.3, -0.25) is 0 Å². The summed E-state index contributed by atoms with van der Waals surface area (Å²) in [5.41, 5.74) is 2.99. The SMILES string of the molecule is O=S(=O)(c1ccc2c(c1)C1C=CCC1C(c1cccc(Cl)c1Cl)N2)N1CCCCCC1. The number of rotatable bonds is 3. The van der Waals surface area contributed by atoms with Crippen molar-refractivity contribution < 1.29 is 8.42 Å². The van der Waals surface area contributed by atoms with Crippen molar-refractivity contribution in [2.45, 2.75) is 49.0 Å². The van der Waals surface area contributed by atoms with Crippen molar-refractivity contribution in [1.82, 2.24) is 4.31 Å². The highest BCUT2D eigenvalue weighted by molar-refractivity contribution is 7.89. The van der Waals surface area contributed by atoms with Crippen LogP contribution in [0.3, 0.4) is 0 Å². The van der Waals surface area contributed by atoms with Gasteiger partial charge in [-0.1, -0.05) is 60.3 Å². The van der Waals surface area contributed by atoms with E-state index in [1.165, 1.54) is 0 Å². The molecule has 2 aliphatic heterocycles. The van der Waals surface area contributed by atoms with E-state index >= 15 is 0 Å². The van der Waals surface area contributed by atoms with Gasteiger partial charge >= 0.3 is 0 Å². The van der Waals surface area contributed by atoms with Gasteiger partial charge in [0.05, 0.1) is 21.0 Å². The van der Waals surface area contributed by atoms with E-state index in [9.17, 15) is 8.42 Å². The van der Waals surface area contributed by atoms with E-state index in [-0.39, 0.29) is 17.9 Å². The fourth-order valence-corrected chi connectivity index (χ4v) is 7.21. The summed E-state index contributed by atoms with van der Waals surface area (Å²) < 4.78 is 28.3. The molecule has 1 N–H and O–H groups in total. The maximum absolute atomic E-state index is 13.3. The third kappa shape index (κ3) is 3.80. The number of anilines is 1. The van der Waals surface area contributed by atoms with Crippen molar-refractivity contribution in [3.05, 3.63) is 69.7 Å². The first-order valence-corrected chi connectivity index (χ1v) is 13.2. The number of nitrogens with one attached hydrogen (secondary N) is 1. The largest absolute Gasteiger partial charge is 0.378 e. The van der Waals surface area contributed by atoms with Crippen LogP contribution in [-0.4, -0.2) is 25.8 Å². The van der Waals surface area contributed by atoms with Crippen molar-refractivity contribution in [2.75, 3.05) is 18.4 Å². The summed E-state index contributed by atoms with van der Waals surface area (Å²) in [7, 11) is -3.48. The molecule has 0 radical (unpaired) electrons. The highest BCUT2D eigenvalue weighted by Crippen LogP contribution is 2.51. The Hall–Kier alpha value is -1.53. The second-order valence-electron chi connectivity index (χ2n) is 8.69. The summed E-state index contributed by atoms with van der Waals surface area (Å²) in [4.78, 5) is 0.397. The maximum Gasteiger partial charge on any atom is 0.243 e. The molecule has 2 aromatic carbocycles. The topological polar surface area (TPSA) is 49.4 Å². The van der Waals surface area contributed by atoms with Gasteiger partial charge in [0.1, 0.15) is 0 Å². The Labute approximate surface area is 194 Å². The first-order chi connectivity index (χ1) is 15.0. The number of halogens is 2. The summed E-state index contributed by atoms with van der Waals surface area (Å²) in [6, 6.07) is 11.3. The summed E-state index contributed by atoms with van der Waals surface area (Å²) in [5, 5.41) is 4.76. The highest BCUT2D eigenvalue weighted by atomic mass is 35.5. The van der Waals surface area contributed by atoms with Crippen LogP contribution in [0.25, 0.3) is 0 Å². The quantitative estimate of drug-likeness (QED) is 0.522. The number of sulfonamides is 1. The van der Waals surface area contributed by atoms with Gasteiger partial charge in [-0.05, 0) is 60.6 Å². The molecule has 2 aromatic rings. The molecular formula is C24H26Cl2N2O2S. The molecular weight excluding hydrogens is 451 g/mol. The first-order valence-electron chi connectivity index (χ1n) is 11.0. The lowest BCUT2D eigenvalue weighted by Gasteiger charge is -2.38. The van der Waals surface area contributed by atoms with Crippen LogP contribution in [0.15, 0.2) is 53.4 Å². The molecule has 0 bridgehead atoms. The predicted molar refractivity (Wildman–Crippen MR) is 126 cm³/mol. The van der Waals surface area contributed by atoms with Crippen molar-refractivity contribution in [1.29, 1.82) is 0 Å². The van der Waals surface area contributed by atoms with Gasteiger partial charge in [0.15, 0.2) is 0 Å². The lowest BCUT2D eigenvalue weighted by molar-refractivity contribution is 0.420. The third-order valence-corrected chi connectivity index (χ3v) is 9.58. The Balaban J connectivity index is 1.52. The Morgan fingerprint density at radius 2 is 1.74 bits per heavy atom. The fraction of sp³-hybridized carbons (Fsp3) is 0.417. The number of fused-ring (bicyclic) bond motifs is 3. The number of hydrogen-bond donors (Lipinski definition) is 1. The number of allylic oxidation sites excluding steroid dienone is 2. The van der Waals surface area contributed by atoms with Crippen LogP contribution in [-0.2, 0) is 10.0 Å². The number of hydrogen-bond acceptors (Lipinski definition) is 3. The van der Waals surface area contributed by atoms with Crippen LogP contribution in [0.4, 0.5) is 5.69 Å². The molecule has 5 rings (SSSR count). The summed E-state index contributed by atoms with van der Waals surface area (Å²) >= 11 is 12.8. The van der Waals surface area contributed by atoms with E-state index in [0.29, 0.717) is 28.0 Å². The molecule has 2 heterocycles. The summed E-state index contributed by atoms with van der Waals surface area (Å²) in [6.45, 7) is 1.22. The lowest BCUT2D eigenvalue weighted by Crippen LogP contribution is -2.33. The van der Waals surface area contributed by atoms with Crippen LogP contribution < -0.4 is 5.32 Å². The zero-order valence-corrected chi connectivity index (χ0v) is 19.6. The monoisotopic (exact) mass is 476 g/mol. The molecule has 3 unspecified atom stereocenters. The average Bonchev–Trinajstić information content (AvgIpc) is 3.09. The molecule has 0 aromatic heterocycles. The van der Waals surface area contributed by atoms with Crippen LogP contribution in [0.2, 0.25) is 10.0 Å². The van der Waals surface area contributed by atoms with Gasteiger partial charge in [0.25, 0.3) is 0 Å². The van der Waals surface area contributed by atoms with Crippen molar-refractivity contribution >= 4 is 38.9 Å². The first kappa shape index (κ1) is 21.3. The van der Waals surface area contributed by atoms with Crippen LogP contribution in [0.1, 0.15) is 55.2 Å². The molecule has 3 atom stereocenters. The maximum atomic E-state index is 13.3. The minimum absolute atomic E-state index is 0.0202. The fourth-order valence-electron chi connectivity index (χ4n) is 5.23. The Morgan fingerprint density at radius 3 is 2.52 bits per heavy atom. The highest BCUT2D eigenvalue weighted by Gasteiger charge is 2.39. The zero-order valence-electron chi connectivity index (χ0n) is 17.2. The van der Waals surface area contributed by atoms with Crippen molar-refractivity contribution in [3.63, 3.8) is 0 Å². The third-order valence-electron chi connectivity index (χ3n) is 6.85. The van der Waals surface area contributed by atoms with E-state index in [4.69, 9.17) is 23.2 Å². The van der Waals surface area contributed by atoms with E-state index in [0.717, 1.165) is 48.9 Å². The molecule has 1 saturated heterocycles. The predicted octanol–water partition coefficient (Wildman–Crippen LogP) is 6.38. The van der Waals surface area contributed by atoms with E-state index in [1.54, 1.807) is 16.4 Å². The molecule has 1 fully saturated rings. The Morgan fingerprint density at radius 1 is 0.968 bits per heavy atom. The van der Waals surface area contributed by atoms with Crippen LogP contribution in [0, 0.1) is 5.92 Å². The Bertz CT molecular complexity index is 1120. The smallest absolute Gasteiger partial charge is 0.243 e. The van der Waals surface area contributed by atoms with E-state index < -0.39 is 10.0 Å². The zero-order chi connectivity index (χ0) is 21.6. The number of benzene rings is 2. The van der Waals surface area contributed by atoms with Crippen molar-refractivity contribution in [3.8, 4) is 0 Å². The van der Waals surface area contributed by atoms with Gasteiger partial charge in [-0.2, -0.15) is 4.31 Å². The normalized spacial score (nSPS) is 26.1. The molecule has 4 nitrogen and oxygen atoms in total. The molecule has 31 heavy (non-hydrogen) atoms. The summed E-state index contributed by atoms with van der Waals surface area (Å²) in [5.74, 6) is 0.412. The second-order valence-corrected chi connectivity index (χ2v) is 11.4. The van der Waals surface area contributed by atoms with Gasteiger partial charge in [-0.25, -0.2) is 8.42 Å². The molecule has 164 valence electrons. The standard InChI is InChI=1S/C24H26Cl2N2O2S/c25-21-10-6-9-19(23(21)26)24-18-8-5-7-17(18)20-15-16(11-12-22(20)27-24)31(29,30)28-13-3-1-2-4-14-28/h5-7,9-12,15,17-18,24,27H,1-4,8,13-14H2. The van der Waals surface area contributed by atoms with E-state index in [1.807, 2.05) is 24.3 Å². The molecule has 7 heteroatoms. The van der Waals surface area contributed by atoms with Gasteiger partial charge in [0.2, 0.25) is 10.0 Å². The molecule has 1 aliphatic carbocycles. The minimum atomic E-state index is -3.48. The Kier molecular flexibility index (Phi) is 5.80. The second kappa shape index (κ2) is 8.43. The molecule has 0 amide bonds.